The summed E-state index contributed by atoms with van der Waals surface area (Å²) in [6.07, 6.45) is 1.43. The number of hydrogen-bond donors (Lipinski definition) is 2. The Morgan fingerprint density at radius 1 is 1.03 bits per heavy atom. The van der Waals surface area contributed by atoms with Gasteiger partial charge in [-0.2, -0.15) is 5.10 Å². The molecule has 2 aromatic carbocycles. The second-order valence-corrected chi connectivity index (χ2v) is 9.27. The fraction of sp³-hybridized carbons (Fsp3) is 0.154. The van der Waals surface area contributed by atoms with E-state index in [0.717, 1.165) is 0 Å². The van der Waals surface area contributed by atoms with Gasteiger partial charge in [0.05, 0.1) is 21.3 Å². The van der Waals surface area contributed by atoms with E-state index >= 15 is 0 Å². The van der Waals surface area contributed by atoms with Crippen LogP contribution in [-0.4, -0.2) is 57.7 Å². The second kappa shape index (κ2) is 10.3. The van der Waals surface area contributed by atoms with Crippen molar-refractivity contribution in [1.82, 2.24) is 25.0 Å². The molecule has 0 spiro atoms. The first kappa shape index (κ1) is 24.9. The minimum atomic E-state index is -0.588. The molecule has 4 aromatic rings. The largest absolute Gasteiger partial charge is 0.334 e. The number of pyridine rings is 1. The number of halogens is 3. The lowest BCUT2D eigenvalue weighted by molar-refractivity contribution is 0.0570. The first-order valence-electron chi connectivity index (χ1n) is 11.4. The molecule has 8 nitrogen and oxygen atoms in total. The summed E-state index contributed by atoms with van der Waals surface area (Å²) in [7, 11) is 1.85. The van der Waals surface area contributed by atoms with Crippen molar-refractivity contribution in [3.63, 3.8) is 0 Å². The molecular weight excluding hydrogens is 518 g/mol. The molecule has 0 bridgehead atoms. The van der Waals surface area contributed by atoms with E-state index in [1.807, 2.05) is 25.2 Å². The van der Waals surface area contributed by atoms with Crippen LogP contribution in [0.3, 0.4) is 0 Å². The van der Waals surface area contributed by atoms with Crippen LogP contribution >= 0.6 is 23.2 Å². The fourth-order valence-corrected chi connectivity index (χ4v) is 4.56. The summed E-state index contributed by atoms with van der Waals surface area (Å²) in [5, 5.41) is 10.6. The molecule has 0 unspecified atom stereocenters. The van der Waals surface area contributed by atoms with Crippen molar-refractivity contribution in [3.8, 4) is 16.9 Å². The lowest BCUT2D eigenvalue weighted by Gasteiger charge is -2.38. The van der Waals surface area contributed by atoms with Crippen molar-refractivity contribution < 1.29 is 14.0 Å². The molecule has 188 valence electrons. The minimum absolute atomic E-state index is 0.00477. The third-order valence-corrected chi connectivity index (χ3v) is 6.69. The monoisotopic (exact) mass is 538 g/mol. The van der Waals surface area contributed by atoms with E-state index in [-0.39, 0.29) is 50.3 Å². The van der Waals surface area contributed by atoms with Crippen LogP contribution in [0, 0.1) is 5.82 Å². The Hall–Kier alpha value is -3.79. The summed E-state index contributed by atoms with van der Waals surface area (Å²) in [6.45, 7) is 1.14. The highest BCUT2D eigenvalue weighted by Crippen LogP contribution is 2.33. The Morgan fingerprint density at radius 2 is 1.78 bits per heavy atom. The molecule has 0 atom stereocenters. The summed E-state index contributed by atoms with van der Waals surface area (Å²) < 4.78 is 15.9. The summed E-state index contributed by atoms with van der Waals surface area (Å²) in [5.41, 5.74) is 1.10. The molecule has 1 fully saturated rings. The zero-order valence-corrected chi connectivity index (χ0v) is 21.1. The molecule has 11 heteroatoms. The van der Waals surface area contributed by atoms with Gasteiger partial charge in [-0.1, -0.05) is 41.4 Å². The van der Waals surface area contributed by atoms with E-state index in [9.17, 15) is 14.0 Å². The van der Waals surface area contributed by atoms with Crippen molar-refractivity contribution in [1.29, 1.82) is 0 Å². The Morgan fingerprint density at radius 3 is 2.49 bits per heavy atom. The number of carbonyl (C=O) groups is 2. The molecule has 2 amide bonds. The molecular formula is C26H21Cl2FN6O2. The lowest BCUT2D eigenvalue weighted by Crippen LogP contribution is -2.59. The number of para-hydroxylation sites is 1. The van der Waals surface area contributed by atoms with Gasteiger partial charge in [-0.15, -0.1) is 0 Å². The van der Waals surface area contributed by atoms with E-state index in [0.29, 0.717) is 18.8 Å². The minimum Gasteiger partial charge on any atom is -0.334 e. The van der Waals surface area contributed by atoms with Crippen molar-refractivity contribution in [2.24, 2.45) is 0 Å². The smallest absolute Gasteiger partial charge is 0.274 e. The molecule has 1 saturated heterocycles. The van der Waals surface area contributed by atoms with Crippen molar-refractivity contribution in [2.45, 2.75) is 6.04 Å². The first-order chi connectivity index (χ1) is 17.9. The number of likely N-dealkylation sites (tertiary alicyclic amines) is 1. The van der Waals surface area contributed by atoms with Gasteiger partial charge in [0.15, 0.2) is 5.69 Å². The number of aromatic nitrogens is 3. The highest BCUT2D eigenvalue weighted by atomic mass is 35.5. The van der Waals surface area contributed by atoms with E-state index in [1.165, 1.54) is 41.2 Å². The molecule has 0 radical (unpaired) electrons. The van der Waals surface area contributed by atoms with Crippen LogP contribution in [0.15, 0.2) is 66.9 Å². The maximum absolute atomic E-state index is 14.4. The Labute approximate surface area is 222 Å². The van der Waals surface area contributed by atoms with Crippen molar-refractivity contribution in [3.05, 3.63) is 94.0 Å². The van der Waals surface area contributed by atoms with E-state index < -0.39 is 11.7 Å². The summed E-state index contributed by atoms with van der Waals surface area (Å²) >= 11 is 12.7. The van der Waals surface area contributed by atoms with Gasteiger partial charge < -0.3 is 15.5 Å². The van der Waals surface area contributed by atoms with Crippen LogP contribution in [0.5, 0.6) is 0 Å². The van der Waals surface area contributed by atoms with Gasteiger partial charge >= 0.3 is 0 Å². The van der Waals surface area contributed by atoms with Gasteiger partial charge in [-0.25, -0.2) is 9.07 Å². The SMILES string of the molecule is CNC1CN(C(=O)c2cc(NC(=O)c3cc(-c4ncccc4F)c(Cl)cc3Cl)n(-c3ccccc3)n2)C1. The average molecular weight is 539 g/mol. The quantitative estimate of drug-likeness (QED) is 0.372. The normalized spacial score (nSPS) is 13.4. The number of carbonyl (C=O) groups excluding carboxylic acids is 2. The van der Waals surface area contributed by atoms with E-state index in [1.54, 1.807) is 17.0 Å². The summed E-state index contributed by atoms with van der Waals surface area (Å²) in [4.78, 5) is 32.1. The standard InChI is InChI=1S/C26H21Cl2FN6O2/c1-30-15-13-34(14-15)26(37)22-12-23(35(33-22)16-6-3-2-4-7-16)32-25(36)18-10-17(19(27)11-20(18)28)24-21(29)8-5-9-31-24/h2-12,15,30H,13-14H2,1H3,(H,32,36). The molecule has 2 N–H and O–H groups in total. The number of nitrogens with one attached hydrogen (secondary N) is 2. The van der Waals surface area contributed by atoms with Crippen LogP contribution in [0.4, 0.5) is 10.2 Å². The Kier molecular flexibility index (Phi) is 6.92. The summed E-state index contributed by atoms with van der Waals surface area (Å²) in [6, 6.07) is 16.3. The number of anilines is 1. The van der Waals surface area contributed by atoms with Gasteiger partial charge in [0.2, 0.25) is 0 Å². The molecule has 5 rings (SSSR count). The van der Waals surface area contributed by atoms with Crippen molar-refractivity contribution >= 4 is 40.8 Å². The predicted octanol–water partition coefficient (Wildman–Crippen LogP) is 4.68. The zero-order valence-electron chi connectivity index (χ0n) is 19.6. The van der Waals surface area contributed by atoms with Crippen LogP contribution in [0.25, 0.3) is 16.9 Å². The van der Waals surface area contributed by atoms with Crippen LogP contribution in [-0.2, 0) is 0 Å². The van der Waals surface area contributed by atoms with Gasteiger partial charge in [-0.05, 0) is 43.4 Å². The van der Waals surface area contributed by atoms with Crippen molar-refractivity contribution in [2.75, 3.05) is 25.5 Å². The van der Waals surface area contributed by atoms with Gasteiger partial charge in [0.25, 0.3) is 11.8 Å². The molecule has 2 aromatic heterocycles. The predicted molar refractivity (Wildman–Crippen MR) is 140 cm³/mol. The van der Waals surface area contributed by atoms with Crippen LogP contribution < -0.4 is 10.6 Å². The third-order valence-electron chi connectivity index (χ3n) is 6.06. The molecule has 3 heterocycles. The van der Waals surface area contributed by atoms with Crippen LogP contribution in [0.1, 0.15) is 20.8 Å². The molecule has 1 aliphatic rings. The topological polar surface area (TPSA) is 92.2 Å². The molecule has 1 aliphatic heterocycles. The zero-order chi connectivity index (χ0) is 26.1. The van der Waals surface area contributed by atoms with Crippen LogP contribution in [0.2, 0.25) is 10.0 Å². The second-order valence-electron chi connectivity index (χ2n) is 8.46. The number of rotatable bonds is 6. The van der Waals surface area contributed by atoms with E-state index in [2.05, 4.69) is 20.7 Å². The third kappa shape index (κ3) is 4.93. The first-order valence-corrected chi connectivity index (χ1v) is 12.1. The lowest BCUT2D eigenvalue weighted by atomic mass is 10.1. The number of benzene rings is 2. The molecule has 37 heavy (non-hydrogen) atoms. The maximum Gasteiger partial charge on any atom is 0.274 e. The van der Waals surface area contributed by atoms with Gasteiger partial charge in [0.1, 0.15) is 17.3 Å². The highest BCUT2D eigenvalue weighted by molar-refractivity contribution is 6.38. The molecule has 0 aliphatic carbocycles. The molecule has 0 saturated carbocycles. The average Bonchev–Trinajstić information content (AvgIpc) is 3.28. The number of nitrogens with zero attached hydrogens (tertiary/aromatic N) is 4. The maximum atomic E-state index is 14.4. The fourth-order valence-electron chi connectivity index (χ4n) is 4.00. The number of likely N-dealkylation sites (N-methyl/N-ethyl adjacent to an activating group) is 1. The van der Waals surface area contributed by atoms with E-state index in [4.69, 9.17) is 23.2 Å². The number of hydrogen-bond acceptors (Lipinski definition) is 5. The summed E-state index contributed by atoms with van der Waals surface area (Å²) in [5.74, 6) is -1.15. The Bertz CT molecular complexity index is 1490. The highest BCUT2D eigenvalue weighted by Gasteiger charge is 2.32. The Balaban J connectivity index is 1.49. The van der Waals surface area contributed by atoms with Gasteiger partial charge in [0, 0.05) is 37.0 Å². The van der Waals surface area contributed by atoms with Gasteiger partial charge in [-0.3, -0.25) is 14.6 Å². The number of amides is 2.